The van der Waals surface area contributed by atoms with E-state index in [9.17, 15) is 4.79 Å². The Morgan fingerprint density at radius 1 is 1.53 bits per heavy atom. The molecular formula is C15H21NO3. The van der Waals surface area contributed by atoms with E-state index < -0.39 is 0 Å². The molecule has 4 nitrogen and oxygen atoms in total. The van der Waals surface area contributed by atoms with Crippen LogP contribution in [-0.4, -0.2) is 31.8 Å². The van der Waals surface area contributed by atoms with Crippen molar-refractivity contribution in [2.45, 2.75) is 32.3 Å². The van der Waals surface area contributed by atoms with E-state index in [4.69, 9.17) is 9.47 Å². The molecule has 1 aromatic rings. The molecule has 0 radical (unpaired) electrons. The van der Waals surface area contributed by atoms with Crippen molar-refractivity contribution in [3.05, 3.63) is 29.8 Å². The fourth-order valence-electron chi connectivity index (χ4n) is 2.06. The fourth-order valence-corrected chi connectivity index (χ4v) is 2.06. The van der Waals surface area contributed by atoms with Crippen LogP contribution in [0.3, 0.4) is 0 Å². The summed E-state index contributed by atoms with van der Waals surface area (Å²) < 4.78 is 11.0. The van der Waals surface area contributed by atoms with E-state index in [1.165, 1.54) is 0 Å². The zero-order chi connectivity index (χ0) is 13.5. The zero-order valence-electron chi connectivity index (χ0n) is 11.4. The Bertz CT molecular complexity index is 414. The molecule has 0 bridgehead atoms. The van der Waals surface area contributed by atoms with Crippen molar-refractivity contribution in [2.75, 3.05) is 19.8 Å². The summed E-state index contributed by atoms with van der Waals surface area (Å²) in [6.45, 7) is 4.11. The third-order valence-electron chi connectivity index (χ3n) is 3.08. The summed E-state index contributed by atoms with van der Waals surface area (Å²) in [6.07, 6.45) is 3.24. The number of amides is 1. The van der Waals surface area contributed by atoms with E-state index in [0.717, 1.165) is 31.6 Å². The van der Waals surface area contributed by atoms with Crippen LogP contribution < -0.4 is 10.1 Å². The Morgan fingerprint density at radius 2 is 2.42 bits per heavy atom. The lowest BCUT2D eigenvalue weighted by Gasteiger charge is -2.11. The molecule has 1 fully saturated rings. The third-order valence-corrected chi connectivity index (χ3v) is 3.08. The molecule has 104 valence electrons. The molecule has 1 heterocycles. The smallest absolute Gasteiger partial charge is 0.251 e. The number of rotatable bonds is 6. The predicted octanol–water partition coefficient (Wildman–Crippen LogP) is 2.38. The molecule has 4 heteroatoms. The lowest BCUT2D eigenvalue weighted by Crippen LogP contribution is -2.31. The van der Waals surface area contributed by atoms with E-state index in [1.807, 2.05) is 12.1 Å². The topological polar surface area (TPSA) is 47.6 Å². The minimum atomic E-state index is -0.0718. The third kappa shape index (κ3) is 4.24. The predicted molar refractivity (Wildman–Crippen MR) is 73.5 cm³/mol. The Kier molecular flexibility index (Phi) is 5.21. The van der Waals surface area contributed by atoms with Gasteiger partial charge in [0.05, 0.1) is 12.7 Å². The van der Waals surface area contributed by atoms with Crippen LogP contribution in [-0.2, 0) is 4.74 Å². The highest BCUT2D eigenvalue weighted by Crippen LogP contribution is 2.14. The van der Waals surface area contributed by atoms with Crippen LogP contribution in [0.25, 0.3) is 0 Å². The maximum absolute atomic E-state index is 12.0. The van der Waals surface area contributed by atoms with Gasteiger partial charge in [0.2, 0.25) is 0 Å². The van der Waals surface area contributed by atoms with Gasteiger partial charge in [0.25, 0.3) is 5.91 Å². The van der Waals surface area contributed by atoms with Gasteiger partial charge in [0, 0.05) is 18.7 Å². The Hall–Kier alpha value is -1.55. The molecule has 1 N–H and O–H groups in total. The van der Waals surface area contributed by atoms with E-state index in [0.29, 0.717) is 18.7 Å². The highest BCUT2D eigenvalue weighted by atomic mass is 16.5. The standard InChI is InChI=1S/C15H21NO3/c1-2-8-18-13-6-3-5-12(10-13)15(17)16-11-14-7-4-9-19-14/h3,5-6,10,14H,2,4,7-9,11H2,1H3,(H,16,17)/t14-/m0/s1. The van der Waals surface area contributed by atoms with Gasteiger partial charge in [0.1, 0.15) is 5.75 Å². The number of ether oxygens (including phenoxy) is 2. The van der Waals surface area contributed by atoms with Crippen LogP contribution >= 0.6 is 0 Å². The van der Waals surface area contributed by atoms with Crippen LogP contribution in [0.15, 0.2) is 24.3 Å². The molecule has 1 atom stereocenters. The number of hydrogen-bond donors (Lipinski definition) is 1. The van der Waals surface area contributed by atoms with Crippen molar-refractivity contribution in [2.24, 2.45) is 0 Å². The minimum Gasteiger partial charge on any atom is -0.494 e. The summed E-state index contributed by atoms with van der Waals surface area (Å²) in [5, 5.41) is 2.90. The van der Waals surface area contributed by atoms with Crippen LogP contribution in [0.1, 0.15) is 36.5 Å². The first-order valence-corrected chi connectivity index (χ1v) is 6.92. The maximum atomic E-state index is 12.0. The Labute approximate surface area is 114 Å². The Balaban J connectivity index is 1.86. The summed E-state index contributed by atoms with van der Waals surface area (Å²) in [4.78, 5) is 12.0. The van der Waals surface area contributed by atoms with Gasteiger partial charge < -0.3 is 14.8 Å². The summed E-state index contributed by atoms with van der Waals surface area (Å²) in [5.74, 6) is 0.670. The second-order valence-corrected chi connectivity index (χ2v) is 4.72. The average molecular weight is 263 g/mol. The van der Waals surface area contributed by atoms with Crippen molar-refractivity contribution in [1.82, 2.24) is 5.32 Å². The molecule has 0 spiro atoms. The van der Waals surface area contributed by atoms with Crippen LogP contribution in [0.5, 0.6) is 5.75 Å². The number of benzene rings is 1. The van der Waals surface area contributed by atoms with Crippen LogP contribution in [0.4, 0.5) is 0 Å². The first-order chi connectivity index (χ1) is 9.29. The summed E-state index contributed by atoms with van der Waals surface area (Å²) in [5.41, 5.74) is 0.631. The van der Waals surface area contributed by atoms with Gasteiger partial charge in [-0.05, 0) is 37.5 Å². The van der Waals surface area contributed by atoms with Gasteiger partial charge >= 0.3 is 0 Å². The van der Waals surface area contributed by atoms with Crippen LogP contribution in [0, 0.1) is 0 Å². The van der Waals surface area contributed by atoms with E-state index >= 15 is 0 Å². The molecule has 1 aromatic carbocycles. The van der Waals surface area contributed by atoms with Crippen molar-refractivity contribution < 1.29 is 14.3 Å². The van der Waals surface area contributed by atoms with Gasteiger partial charge in [-0.3, -0.25) is 4.79 Å². The lowest BCUT2D eigenvalue weighted by molar-refractivity contribution is 0.0857. The zero-order valence-corrected chi connectivity index (χ0v) is 11.4. The van der Waals surface area contributed by atoms with Gasteiger partial charge in [-0.2, -0.15) is 0 Å². The van der Waals surface area contributed by atoms with Gasteiger partial charge in [-0.1, -0.05) is 13.0 Å². The Morgan fingerprint density at radius 3 is 3.16 bits per heavy atom. The minimum absolute atomic E-state index is 0.0718. The largest absolute Gasteiger partial charge is 0.494 e. The normalized spacial score (nSPS) is 18.3. The number of nitrogens with one attached hydrogen (secondary N) is 1. The molecule has 1 aliphatic rings. The highest BCUT2D eigenvalue weighted by molar-refractivity contribution is 5.94. The molecule has 1 aliphatic heterocycles. The number of carbonyl (C=O) groups is 1. The number of hydrogen-bond acceptors (Lipinski definition) is 3. The van der Waals surface area contributed by atoms with Crippen molar-refractivity contribution in [3.8, 4) is 5.75 Å². The van der Waals surface area contributed by atoms with E-state index in [2.05, 4.69) is 12.2 Å². The summed E-state index contributed by atoms with van der Waals surface area (Å²) in [7, 11) is 0. The first-order valence-electron chi connectivity index (χ1n) is 6.92. The summed E-state index contributed by atoms with van der Waals surface area (Å²) >= 11 is 0. The quantitative estimate of drug-likeness (QED) is 0.857. The van der Waals surface area contributed by atoms with Crippen molar-refractivity contribution in [3.63, 3.8) is 0 Å². The average Bonchev–Trinajstić information content (AvgIpc) is 2.96. The number of carbonyl (C=O) groups excluding carboxylic acids is 1. The van der Waals surface area contributed by atoms with Gasteiger partial charge in [-0.15, -0.1) is 0 Å². The second kappa shape index (κ2) is 7.14. The van der Waals surface area contributed by atoms with Crippen molar-refractivity contribution in [1.29, 1.82) is 0 Å². The summed E-state index contributed by atoms with van der Waals surface area (Å²) in [6, 6.07) is 7.28. The van der Waals surface area contributed by atoms with Crippen LogP contribution in [0.2, 0.25) is 0 Å². The molecule has 2 rings (SSSR count). The van der Waals surface area contributed by atoms with Crippen molar-refractivity contribution >= 4 is 5.91 Å². The van der Waals surface area contributed by atoms with E-state index in [-0.39, 0.29) is 12.0 Å². The molecule has 19 heavy (non-hydrogen) atoms. The molecule has 0 saturated carbocycles. The molecule has 0 aliphatic carbocycles. The lowest BCUT2D eigenvalue weighted by atomic mass is 10.2. The first kappa shape index (κ1) is 13.9. The molecular weight excluding hydrogens is 242 g/mol. The highest BCUT2D eigenvalue weighted by Gasteiger charge is 2.16. The van der Waals surface area contributed by atoms with Gasteiger partial charge in [-0.25, -0.2) is 0 Å². The van der Waals surface area contributed by atoms with Gasteiger partial charge in [0.15, 0.2) is 0 Å². The monoisotopic (exact) mass is 263 g/mol. The van der Waals surface area contributed by atoms with E-state index in [1.54, 1.807) is 12.1 Å². The second-order valence-electron chi connectivity index (χ2n) is 4.72. The molecule has 0 aromatic heterocycles. The maximum Gasteiger partial charge on any atom is 0.251 e. The molecule has 0 unspecified atom stereocenters. The molecule has 1 saturated heterocycles. The fraction of sp³-hybridized carbons (Fsp3) is 0.533. The molecule has 1 amide bonds. The SMILES string of the molecule is CCCOc1cccc(C(=O)NC[C@@H]2CCCO2)c1.